The van der Waals surface area contributed by atoms with Gasteiger partial charge < -0.3 is 9.47 Å². The molecule has 6 nitrogen and oxygen atoms in total. The van der Waals surface area contributed by atoms with Crippen molar-refractivity contribution >= 4 is 31.8 Å². The number of hydrogen-bond donors (Lipinski definition) is 0. The summed E-state index contributed by atoms with van der Waals surface area (Å²) in [6.45, 7) is 16.3. The standard InChI is InChI=1S/C20H34NO5P/c1-18(2,3)17(21(10)11)27-14(16(24)26-20(7,8)9)13(12-22)15(23)25-19(4,5)6/h12H,1-11H3/b14-13-. The van der Waals surface area contributed by atoms with Crippen LogP contribution in [0.25, 0.3) is 0 Å². The van der Waals surface area contributed by atoms with Gasteiger partial charge >= 0.3 is 11.9 Å². The summed E-state index contributed by atoms with van der Waals surface area (Å²) < 4.78 is 10.8. The number of esters is 2. The van der Waals surface area contributed by atoms with Crippen LogP contribution in [0.2, 0.25) is 0 Å². The van der Waals surface area contributed by atoms with Crippen LogP contribution in [-0.4, -0.2) is 53.8 Å². The van der Waals surface area contributed by atoms with Gasteiger partial charge in [0.25, 0.3) is 0 Å². The molecule has 0 saturated heterocycles. The highest BCUT2D eigenvalue weighted by atomic mass is 31.1. The Morgan fingerprint density at radius 2 is 1.22 bits per heavy atom. The van der Waals surface area contributed by atoms with Crippen LogP contribution in [0.4, 0.5) is 0 Å². The summed E-state index contributed by atoms with van der Waals surface area (Å²) >= 11 is 0. The minimum Gasteiger partial charge on any atom is -0.456 e. The molecule has 0 spiro atoms. The number of rotatable bonds is 5. The summed E-state index contributed by atoms with van der Waals surface area (Å²) in [7, 11) is 4.14. The summed E-state index contributed by atoms with van der Waals surface area (Å²) in [5.41, 5.74) is -1.31. The van der Waals surface area contributed by atoms with Gasteiger partial charge in [-0.3, -0.25) is 9.69 Å². The first-order valence-electron chi connectivity index (χ1n) is 8.81. The van der Waals surface area contributed by atoms with Crippen LogP contribution in [0.15, 0.2) is 10.9 Å². The Kier molecular flexibility index (Phi) is 8.60. The fourth-order valence-electron chi connectivity index (χ4n) is 2.12. The van der Waals surface area contributed by atoms with Gasteiger partial charge in [0.15, 0.2) is 6.29 Å². The Labute approximate surface area is 165 Å². The minimum absolute atomic E-state index is 0.0206. The molecule has 7 heteroatoms. The Hall–Kier alpha value is -1.52. The highest BCUT2D eigenvalue weighted by Gasteiger charge is 2.30. The lowest BCUT2D eigenvalue weighted by Gasteiger charge is -2.28. The molecule has 0 aromatic heterocycles. The van der Waals surface area contributed by atoms with Crippen LogP contribution in [0.1, 0.15) is 62.3 Å². The van der Waals surface area contributed by atoms with Crippen LogP contribution in [0.3, 0.4) is 0 Å². The van der Waals surface area contributed by atoms with Gasteiger partial charge in [-0.25, -0.2) is 9.59 Å². The molecular weight excluding hydrogens is 365 g/mol. The van der Waals surface area contributed by atoms with Gasteiger partial charge in [0.05, 0.1) is 0 Å². The molecule has 27 heavy (non-hydrogen) atoms. The predicted molar refractivity (Wildman–Crippen MR) is 110 cm³/mol. The molecule has 0 fully saturated rings. The molecule has 0 amide bonds. The quantitative estimate of drug-likeness (QED) is 0.175. The van der Waals surface area contributed by atoms with Crippen LogP contribution in [0, 0.1) is 5.41 Å². The lowest BCUT2D eigenvalue weighted by atomic mass is 9.96. The Bertz CT molecular complexity index is 641. The van der Waals surface area contributed by atoms with Crippen LogP contribution >= 0.6 is 8.20 Å². The Morgan fingerprint density at radius 1 is 0.815 bits per heavy atom. The molecule has 0 unspecified atom stereocenters. The van der Waals surface area contributed by atoms with Gasteiger partial charge in [-0.05, 0) is 63.8 Å². The highest BCUT2D eigenvalue weighted by Crippen LogP contribution is 2.31. The van der Waals surface area contributed by atoms with Crippen molar-refractivity contribution in [3.8, 4) is 0 Å². The van der Waals surface area contributed by atoms with Gasteiger partial charge in [0.1, 0.15) is 22.1 Å². The van der Waals surface area contributed by atoms with E-state index >= 15 is 0 Å². The summed E-state index contributed by atoms with van der Waals surface area (Å²) in [4.78, 5) is 39.0. The lowest BCUT2D eigenvalue weighted by molar-refractivity contribution is -0.153. The molecule has 0 atom stereocenters. The van der Waals surface area contributed by atoms with Gasteiger partial charge in [-0.15, -0.1) is 0 Å². The smallest absolute Gasteiger partial charge is 0.344 e. The van der Waals surface area contributed by atoms with Crippen molar-refractivity contribution in [3.05, 3.63) is 10.9 Å². The second-order valence-corrected chi connectivity index (χ2v) is 10.6. The summed E-state index contributed by atoms with van der Waals surface area (Å²) in [6.07, 6.45) is 0.371. The van der Waals surface area contributed by atoms with Gasteiger partial charge in [-0.2, -0.15) is 0 Å². The molecular formula is C20H34NO5P. The molecule has 0 rings (SSSR count). The fraction of sp³-hybridized carbons (Fsp3) is 0.700. The van der Waals surface area contributed by atoms with E-state index in [-0.39, 0.29) is 16.3 Å². The molecule has 0 radical (unpaired) electrons. The normalized spacial score (nSPS) is 14.6. The van der Waals surface area contributed by atoms with E-state index in [0.717, 1.165) is 5.42 Å². The second kappa shape index (κ2) is 9.11. The molecule has 0 aromatic carbocycles. The predicted octanol–water partition coefficient (Wildman–Crippen LogP) is 3.81. The highest BCUT2D eigenvalue weighted by molar-refractivity contribution is 7.47. The third kappa shape index (κ3) is 9.30. The number of nitrogens with zero attached hydrogens (tertiary/aromatic N) is 1. The average molecular weight is 399 g/mol. The monoisotopic (exact) mass is 399 g/mol. The molecule has 0 saturated carbocycles. The maximum absolute atomic E-state index is 12.8. The van der Waals surface area contributed by atoms with Gasteiger partial charge in [-0.1, -0.05) is 20.8 Å². The molecule has 0 aliphatic carbocycles. The van der Waals surface area contributed by atoms with Crippen molar-refractivity contribution in [3.63, 3.8) is 0 Å². The SMILES string of the molecule is CN(C)C(=P/C(C(=O)OC(C)(C)C)=C(/C=O)C(=O)OC(C)(C)C)C(C)(C)C. The zero-order valence-corrected chi connectivity index (χ0v) is 19.4. The first-order valence-corrected chi connectivity index (χ1v) is 9.71. The fourth-order valence-corrected chi connectivity index (χ4v) is 3.27. The molecule has 0 aromatic rings. The van der Waals surface area contributed by atoms with Gasteiger partial charge in [0.2, 0.25) is 0 Å². The third-order valence-electron chi connectivity index (χ3n) is 2.90. The topological polar surface area (TPSA) is 72.9 Å². The molecule has 0 N–H and O–H groups in total. The maximum atomic E-state index is 12.8. The first-order chi connectivity index (χ1) is 11.9. The van der Waals surface area contributed by atoms with E-state index in [4.69, 9.17) is 9.47 Å². The number of aldehydes is 1. The third-order valence-corrected chi connectivity index (χ3v) is 4.83. The molecule has 0 heterocycles. The summed E-state index contributed by atoms with van der Waals surface area (Å²) in [5, 5.41) is -0.0206. The lowest BCUT2D eigenvalue weighted by Crippen LogP contribution is -2.33. The number of carbonyl (C=O) groups is 3. The van der Waals surface area contributed by atoms with E-state index in [1.165, 1.54) is 0 Å². The van der Waals surface area contributed by atoms with E-state index in [0.29, 0.717) is 14.5 Å². The van der Waals surface area contributed by atoms with Crippen molar-refractivity contribution in [1.82, 2.24) is 4.90 Å². The second-order valence-electron chi connectivity index (χ2n) is 9.46. The minimum atomic E-state index is -0.835. The van der Waals surface area contributed by atoms with E-state index in [1.54, 1.807) is 41.5 Å². The molecule has 0 aliphatic heterocycles. The molecule has 154 valence electrons. The van der Waals surface area contributed by atoms with Crippen LogP contribution in [0.5, 0.6) is 0 Å². The van der Waals surface area contributed by atoms with Crippen molar-refractivity contribution < 1.29 is 23.9 Å². The molecule has 0 bridgehead atoms. The van der Waals surface area contributed by atoms with E-state index in [1.807, 2.05) is 39.8 Å². The molecule has 0 aliphatic rings. The number of ether oxygens (including phenoxy) is 2. The van der Waals surface area contributed by atoms with E-state index in [2.05, 4.69) is 0 Å². The number of hydrogen-bond acceptors (Lipinski definition) is 5. The van der Waals surface area contributed by atoms with Crippen molar-refractivity contribution in [1.29, 1.82) is 0 Å². The summed E-state index contributed by atoms with van der Waals surface area (Å²) in [6, 6.07) is 0. The van der Waals surface area contributed by atoms with Crippen molar-refractivity contribution in [2.24, 2.45) is 5.41 Å². The van der Waals surface area contributed by atoms with Gasteiger partial charge in [0, 0.05) is 10.8 Å². The zero-order chi connectivity index (χ0) is 21.8. The maximum Gasteiger partial charge on any atom is 0.344 e. The summed E-state index contributed by atoms with van der Waals surface area (Å²) in [5.74, 6) is -1.54. The first kappa shape index (κ1) is 25.5. The van der Waals surface area contributed by atoms with Crippen LogP contribution < -0.4 is 0 Å². The average Bonchev–Trinajstić information content (AvgIpc) is 2.36. The van der Waals surface area contributed by atoms with E-state index in [9.17, 15) is 14.4 Å². The Balaban J connectivity index is 6.61. The number of carbonyl (C=O) groups excluding carboxylic acids is 3. The Morgan fingerprint density at radius 3 is 1.52 bits per heavy atom. The zero-order valence-electron chi connectivity index (χ0n) is 18.5. The largest absolute Gasteiger partial charge is 0.456 e. The van der Waals surface area contributed by atoms with E-state index < -0.39 is 23.1 Å². The van der Waals surface area contributed by atoms with Crippen molar-refractivity contribution in [2.45, 2.75) is 73.5 Å². The van der Waals surface area contributed by atoms with Crippen LogP contribution in [-0.2, 0) is 23.9 Å². The van der Waals surface area contributed by atoms with Crippen molar-refractivity contribution in [2.75, 3.05) is 14.1 Å².